The second-order valence-electron chi connectivity index (χ2n) is 9.43. The number of rotatable bonds is 2. The van der Waals surface area contributed by atoms with Gasteiger partial charge in [0.2, 0.25) is 0 Å². The van der Waals surface area contributed by atoms with E-state index in [0.29, 0.717) is 23.0 Å². The number of hydrogen-bond acceptors (Lipinski definition) is 4. The fraction of sp³-hybridized carbons (Fsp3) is 0.259. The van der Waals surface area contributed by atoms with Gasteiger partial charge in [-0.05, 0) is 43.5 Å². The zero-order chi connectivity index (χ0) is 22.3. The number of esters is 2. The lowest BCUT2D eigenvalue weighted by molar-refractivity contribution is -0.149. The number of fused-ring (bicyclic) bond motifs is 5. The summed E-state index contributed by atoms with van der Waals surface area (Å²) in [6.07, 6.45) is 2.82. The number of ether oxygens (including phenoxy) is 1. The average Bonchev–Trinajstić information content (AvgIpc) is 3.56. The van der Waals surface area contributed by atoms with Gasteiger partial charge in [-0.1, -0.05) is 36.4 Å². The second-order valence-corrected chi connectivity index (χ2v) is 9.43. The number of aryl methyl sites for hydroxylation is 1. The van der Waals surface area contributed by atoms with Gasteiger partial charge in [-0.2, -0.15) is 0 Å². The summed E-state index contributed by atoms with van der Waals surface area (Å²) in [6, 6.07) is 16.2. The molecule has 0 amide bonds. The third-order valence-electron chi connectivity index (χ3n) is 7.69. The molecule has 2 aromatic carbocycles. The average molecular weight is 474 g/mol. The first-order valence-corrected chi connectivity index (χ1v) is 11.5. The molecule has 0 spiro atoms. The fourth-order valence-corrected chi connectivity index (χ4v) is 6.18. The number of carbonyl (C=O) groups is 2. The lowest BCUT2D eigenvalue weighted by Crippen LogP contribution is -2.28. The summed E-state index contributed by atoms with van der Waals surface area (Å²) < 4.78 is 9.62. The molecule has 34 heavy (non-hydrogen) atoms. The van der Waals surface area contributed by atoms with Crippen LogP contribution in [0.1, 0.15) is 16.8 Å². The Labute approximate surface area is 202 Å². The van der Waals surface area contributed by atoms with Crippen molar-refractivity contribution < 1.29 is 14.3 Å². The van der Waals surface area contributed by atoms with Crippen molar-refractivity contribution in [3.63, 3.8) is 0 Å². The van der Waals surface area contributed by atoms with Crippen molar-refractivity contribution >= 4 is 57.3 Å². The summed E-state index contributed by atoms with van der Waals surface area (Å²) in [5.74, 6) is 0.0143. The number of aromatic nitrogens is 2. The Morgan fingerprint density at radius 1 is 0.882 bits per heavy atom. The second kappa shape index (κ2) is 7.58. The van der Waals surface area contributed by atoms with Gasteiger partial charge in [0.25, 0.3) is 0 Å². The Kier molecular flexibility index (Phi) is 4.73. The van der Waals surface area contributed by atoms with Gasteiger partial charge in [-0.25, -0.2) is 9.59 Å². The van der Waals surface area contributed by atoms with Crippen LogP contribution in [0.3, 0.4) is 0 Å². The number of cyclic esters (lactones) is 2. The number of nitrogens with one attached hydrogen (secondary N) is 1. The zero-order valence-corrected chi connectivity index (χ0v) is 19.5. The van der Waals surface area contributed by atoms with Crippen LogP contribution in [0.2, 0.25) is 0 Å². The Morgan fingerprint density at radius 3 is 2.38 bits per heavy atom. The quantitative estimate of drug-likeness (QED) is 0.354. The van der Waals surface area contributed by atoms with E-state index >= 15 is 0 Å². The first kappa shape index (κ1) is 21.2. The molecule has 1 saturated heterocycles. The maximum absolute atomic E-state index is 13.2. The number of para-hydroxylation sites is 2. The first-order chi connectivity index (χ1) is 16.1. The smallest absolute Gasteiger partial charge is 0.347 e. The maximum Gasteiger partial charge on any atom is 0.347 e. The third kappa shape index (κ3) is 2.79. The van der Waals surface area contributed by atoms with Crippen LogP contribution in [0.15, 0.2) is 54.7 Å². The topological polar surface area (TPSA) is 65.3 Å². The van der Waals surface area contributed by atoms with E-state index in [1.165, 1.54) is 0 Å². The van der Waals surface area contributed by atoms with Crippen molar-refractivity contribution in [1.82, 2.24) is 14.5 Å². The van der Waals surface area contributed by atoms with Crippen LogP contribution in [0.5, 0.6) is 0 Å². The van der Waals surface area contributed by atoms with Crippen LogP contribution in [0.4, 0.5) is 0 Å². The molecule has 0 radical (unpaired) electrons. The molecule has 1 N–H and O–H groups in total. The van der Waals surface area contributed by atoms with Crippen molar-refractivity contribution in [2.75, 3.05) is 13.1 Å². The predicted octanol–water partition coefficient (Wildman–Crippen LogP) is 3.94. The molecule has 3 aliphatic rings. The van der Waals surface area contributed by atoms with Crippen molar-refractivity contribution in [2.45, 2.75) is 13.0 Å². The molecule has 6 nitrogen and oxygen atoms in total. The van der Waals surface area contributed by atoms with Gasteiger partial charge in [-0.15, -0.1) is 12.4 Å². The van der Waals surface area contributed by atoms with Gasteiger partial charge in [0.1, 0.15) is 0 Å². The molecule has 2 atom stereocenters. The van der Waals surface area contributed by atoms with Crippen molar-refractivity contribution in [2.24, 2.45) is 18.9 Å². The van der Waals surface area contributed by atoms with Crippen LogP contribution in [-0.2, 0) is 34.3 Å². The normalized spacial score (nSPS) is 21.7. The van der Waals surface area contributed by atoms with Gasteiger partial charge in [0.15, 0.2) is 0 Å². The standard InChI is InChI=1S/C27H23N3O3.ClH/c1-29-14-19(17-6-2-4-8-20(17)29)24-25(27(32)33-26(24)31)23-18-7-3-5-9-21(18)30-13-16-12-28-11-15(16)10-22(23)30;/h2-9,14-16,28H,10-13H2,1H3;1H/t15-,16+;/m1./s1. The van der Waals surface area contributed by atoms with Crippen molar-refractivity contribution in [3.05, 3.63) is 71.5 Å². The molecule has 5 heterocycles. The summed E-state index contributed by atoms with van der Waals surface area (Å²) in [4.78, 5) is 26.3. The van der Waals surface area contributed by atoms with Crippen molar-refractivity contribution in [3.8, 4) is 0 Å². The predicted molar refractivity (Wildman–Crippen MR) is 134 cm³/mol. The van der Waals surface area contributed by atoms with E-state index in [2.05, 4.69) is 22.0 Å². The van der Waals surface area contributed by atoms with E-state index in [0.717, 1.165) is 64.7 Å². The van der Waals surface area contributed by atoms with Gasteiger partial charge < -0.3 is 19.2 Å². The summed E-state index contributed by atoms with van der Waals surface area (Å²) in [7, 11) is 1.96. The Morgan fingerprint density at radius 2 is 1.56 bits per heavy atom. The van der Waals surface area contributed by atoms with Gasteiger partial charge in [0, 0.05) is 58.4 Å². The highest BCUT2D eigenvalue weighted by Gasteiger charge is 2.42. The molecule has 7 heteroatoms. The van der Waals surface area contributed by atoms with Crippen LogP contribution >= 0.6 is 12.4 Å². The minimum Gasteiger partial charge on any atom is -0.386 e. The highest BCUT2D eigenvalue weighted by molar-refractivity contribution is 6.47. The molecule has 0 aliphatic carbocycles. The van der Waals surface area contributed by atoms with E-state index < -0.39 is 11.9 Å². The van der Waals surface area contributed by atoms with Crippen LogP contribution in [0, 0.1) is 11.8 Å². The van der Waals surface area contributed by atoms with E-state index in [1.807, 2.05) is 54.2 Å². The minimum absolute atomic E-state index is 0. The monoisotopic (exact) mass is 473 g/mol. The minimum atomic E-state index is -0.563. The van der Waals surface area contributed by atoms with E-state index in [1.54, 1.807) is 0 Å². The molecule has 2 aromatic heterocycles. The number of nitrogens with zero attached hydrogens (tertiary/aromatic N) is 2. The molecule has 0 saturated carbocycles. The molecule has 0 bridgehead atoms. The summed E-state index contributed by atoms with van der Waals surface area (Å²) >= 11 is 0. The highest BCUT2D eigenvalue weighted by atomic mass is 35.5. The van der Waals surface area contributed by atoms with Crippen molar-refractivity contribution in [1.29, 1.82) is 0 Å². The third-order valence-corrected chi connectivity index (χ3v) is 7.69. The van der Waals surface area contributed by atoms with Crippen LogP contribution < -0.4 is 5.32 Å². The van der Waals surface area contributed by atoms with E-state index in [-0.39, 0.29) is 12.4 Å². The maximum atomic E-state index is 13.2. The lowest BCUT2D eigenvalue weighted by atomic mass is 9.85. The van der Waals surface area contributed by atoms with Gasteiger partial charge >= 0.3 is 11.9 Å². The molecular formula is C27H24ClN3O3. The Bertz CT molecular complexity index is 1540. The largest absolute Gasteiger partial charge is 0.386 e. The van der Waals surface area contributed by atoms with Gasteiger partial charge in [-0.3, -0.25) is 0 Å². The number of hydrogen-bond donors (Lipinski definition) is 1. The molecule has 172 valence electrons. The Hall–Kier alpha value is -3.35. The zero-order valence-electron chi connectivity index (χ0n) is 18.7. The molecule has 1 fully saturated rings. The van der Waals surface area contributed by atoms with E-state index in [9.17, 15) is 9.59 Å². The molecule has 7 rings (SSSR count). The summed E-state index contributed by atoms with van der Waals surface area (Å²) in [5, 5.41) is 5.48. The molecule has 0 unspecified atom stereocenters. The first-order valence-electron chi connectivity index (χ1n) is 11.5. The molecule has 3 aliphatic heterocycles. The van der Waals surface area contributed by atoms with Crippen LogP contribution in [-0.4, -0.2) is 34.2 Å². The molecule has 4 aromatic rings. The number of halogens is 1. The van der Waals surface area contributed by atoms with Gasteiger partial charge in [0.05, 0.1) is 11.1 Å². The molecular weight excluding hydrogens is 450 g/mol. The fourth-order valence-electron chi connectivity index (χ4n) is 6.18. The Balaban J connectivity index is 0.00000217. The van der Waals surface area contributed by atoms with Crippen LogP contribution in [0.25, 0.3) is 33.0 Å². The van der Waals surface area contributed by atoms with E-state index in [4.69, 9.17) is 4.74 Å². The SMILES string of the molecule is Cl.Cn1cc(C2=C(c3c4n(c5ccccc35)C[C@@H]3CNC[C@H]3C4)C(=O)OC2=O)c2ccccc21. The highest BCUT2D eigenvalue weighted by Crippen LogP contribution is 2.45. The lowest BCUT2D eigenvalue weighted by Gasteiger charge is -2.28. The number of benzene rings is 2. The summed E-state index contributed by atoms with van der Waals surface area (Å²) in [6.45, 7) is 2.94. The number of carbonyl (C=O) groups excluding carboxylic acids is 2. The summed E-state index contributed by atoms with van der Waals surface area (Å²) in [5.41, 5.74) is 5.67.